The van der Waals surface area contributed by atoms with Crippen molar-refractivity contribution in [3.05, 3.63) is 34.4 Å². The summed E-state index contributed by atoms with van der Waals surface area (Å²) in [6.45, 7) is 2.17. The first kappa shape index (κ1) is 13.1. The fraction of sp³-hybridized carbons (Fsp3) is 0.364. The number of non-ortho nitro benzene ring substituents is 1. The van der Waals surface area contributed by atoms with Gasteiger partial charge in [-0.2, -0.15) is 0 Å². The molecule has 17 heavy (non-hydrogen) atoms. The minimum atomic E-state index is -0.486. The third-order valence-electron chi connectivity index (χ3n) is 2.49. The van der Waals surface area contributed by atoms with Crippen molar-refractivity contribution in [2.45, 2.75) is 13.3 Å². The summed E-state index contributed by atoms with van der Waals surface area (Å²) in [7, 11) is 0. The SMILES string of the molecule is CCC(CN)C(=O)Nc1ccc([N+](=O)[O-])cc1. The molecule has 6 nitrogen and oxygen atoms in total. The Labute approximate surface area is 99.0 Å². The minimum absolute atomic E-state index is 0.00568. The second kappa shape index (κ2) is 5.95. The Balaban J connectivity index is 2.69. The number of amides is 1. The molecular weight excluding hydrogens is 222 g/mol. The largest absolute Gasteiger partial charge is 0.330 e. The maximum atomic E-state index is 11.7. The molecule has 1 aromatic rings. The molecule has 0 spiro atoms. The van der Waals surface area contributed by atoms with Crippen molar-refractivity contribution < 1.29 is 9.72 Å². The van der Waals surface area contributed by atoms with Gasteiger partial charge in [-0.1, -0.05) is 6.92 Å². The number of nitrogens with one attached hydrogen (secondary N) is 1. The van der Waals surface area contributed by atoms with Gasteiger partial charge in [0.15, 0.2) is 0 Å². The van der Waals surface area contributed by atoms with Gasteiger partial charge in [0.05, 0.1) is 10.8 Å². The van der Waals surface area contributed by atoms with E-state index < -0.39 is 4.92 Å². The van der Waals surface area contributed by atoms with Gasteiger partial charge in [0.25, 0.3) is 5.69 Å². The van der Waals surface area contributed by atoms with Crippen LogP contribution >= 0.6 is 0 Å². The third kappa shape index (κ3) is 3.53. The Morgan fingerprint density at radius 1 is 1.47 bits per heavy atom. The van der Waals surface area contributed by atoms with E-state index in [4.69, 9.17) is 5.73 Å². The third-order valence-corrected chi connectivity index (χ3v) is 2.49. The van der Waals surface area contributed by atoms with Crippen LogP contribution in [0.1, 0.15) is 13.3 Å². The van der Waals surface area contributed by atoms with Gasteiger partial charge in [-0.05, 0) is 18.6 Å². The number of anilines is 1. The number of nitrogens with zero attached hydrogens (tertiary/aromatic N) is 1. The Morgan fingerprint density at radius 3 is 2.47 bits per heavy atom. The molecule has 1 rings (SSSR count). The molecule has 0 aromatic heterocycles. The van der Waals surface area contributed by atoms with Crippen molar-refractivity contribution in [3.8, 4) is 0 Å². The molecule has 1 unspecified atom stereocenters. The molecule has 0 radical (unpaired) electrons. The zero-order chi connectivity index (χ0) is 12.8. The van der Waals surface area contributed by atoms with Gasteiger partial charge in [0.1, 0.15) is 0 Å². The Bertz CT molecular complexity index is 399. The Morgan fingerprint density at radius 2 is 2.06 bits per heavy atom. The molecule has 92 valence electrons. The predicted molar refractivity (Wildman–Crippen MR) is 64.6 cm³/mol. The highest BCUT2D eigenvalue weighted by molar-refractivity contribution is 5.92. The number of nitro groups is 1. The second-order valence-corrected chi connectivity index (χ2v) is 3.63. The zero-order valence-electron chi connectivity index (χ0n) is 9.55. The lowest BCUT2D eigenvalue weighted by Gasteiger charge is -2.12. The van der Waals surface area contributed by atoms with Crippen molar-refractivity contribution in [1.82, 2.24) is 0 Å². The van der Waals surface area contributed by atoms with Crippen molar-refractivity contribution in [1.29, 1.82) is 0 Å². The monoisotopic (exact) mass is 237 g/mol. The normalized spacial score (nSPS) is 11.9. The van der Waals surface area contributed by atoms with Crippen molar-refractivity contribution >= 4 is 17.3 Å². The zero-order valence-corrected chi connectivity index (χ0v) is 9.55. The molecule has 0 aliphatic heterocycles. The highest BCUT2D eigenvalue weighted by Gasteiger charge is 2.14. The van der Waals surface area contributed by atoms with Gasteiger partial charge in [0, 0.05) is 24.4 Å². The molecule has 0 bridgehead atoms. The molecule has 0 aliphatic carbocycles. The van der Waals surface area contributed by atoms with Crippen LogP contribution in [0.15, 0.2) is 24.3 Å². The average molecular weight is 237 g/mol. The standard InChI is InChI=1S/C11H15N3O3/c1-2-8(7-12)11(15)13-9-3-5-10(6-4-9)14(16)17/h3-6,8H,2,7,12H2,1H3,(H,13,15). The first-order chi connectivity index (χ1) is 8.08. The molecule has 0 saturated heterocycles. The minimum Gasteiger partial charge on any atom is -0.330 e. The van der Waals surface area contributed by atoms with Crippen molar-refractivity contribution in [3.63, 3.8) is 0 Å². The van der Waals surface area contributed by atoms with E-state index in [1.807, 2.05) is 6.92 Å². The lowest BCUT2D eigenvalue weighted by Crippen LogP contribution is -2.28. The molecule has 0 heterocycles. The smallest absolute Gasteiger partial charge is 0.269 e. The van der Waals surface area contributed by atoms with E-state index in [1.54, 1.807) is 0 Å². The van der Waals surface area contributed by atoms with Crippen LogP contribution < -0.4 is 11.1 Å². The molecule has 0 saturated carbocycles. The first-order valence-electron chi connectivity index (χ1n) is 5.33. The molecule has 1 atom stereocenters. The van der Waals surface area contributed by atoms with Crippen LogP contribution in [0.5, 0.6) is 0 Å². The number of nitrogens with two attached hydrogens (primary N) is 1. The highest BCUT2D eigenvalue weighted by Crippen LogP contribution is 2.16. The summed E-state index contributed by atoms with van der Waals surface area (Å²) in [4.78, 5) is 21.6. The summed E-state index contributed by atoms with van der Waals surface area (Å²) in [5.74, 6) is -0.394. The summed E-state index contributed by atoms with van der Waals surface area (Å²) in [5.41, 5.74) is 5.98. The van der Waals surface area contributed by atoms with Crippen LogP contribution in [-0.4, -0.2) is 17.4 Å². The number of benzene rings is 1. The van der Waals surface area contributed by atoms with Gasteiger partial charge in [-0.3, -0.25) is 14.9 Å². The van der Waals surface area contributed by atoms with E-state index >= 15 is 0 Å². The molecule has 0 aliphatic rings. The predicted octanol–water partition coefficient (Wildman–Crippen LogP) is 1.52. The second-order valence-electron chi connectivity index (χ2n) is 3.63. The van der Waals surface area contributed by atoms with Crippen LogP contribution in [0.25, 0.3) is 0 Å². The van der Waals surface area contributed by atoms with E-state index in [9.17, 15) is 14.9 Å². The van der Waals surface area contributed by atoms with Crippen molar-refractivity contribution in [2.75, 3.05) is 11.9 Å². The summed E-state index contributed by atoms with van der Waals surface area (Å²) in [6.07, 6.45) is 0.662. The van der Waals surface area contributed by atoms with Crippen molar-refractivity contribution in [2.24, 2.45) is 11.7 Å². The number of rotatable bonds is 5. The average Bonchev–Trinajstić information content (AvgIpc) is 2.31. The van der Waals surface area contributed by atoms with E-state index in [2.05, 4.69) is 5.32 Å². The number of carbonyl (C=O) groups is 1. The quantitative estimate of drug-likeness (QED) is 0.599. The maximum absolute atomic E-state index is 11.7. The first-order valence-corrected chi connectivity index (χ1v) is 5.33. The van der Waals surface area contributed by atoms with Gasteiger partial charge < -0.3 is 11.1 Å². The summed E-state index contributed by atoms with van der Waals surface area (Å²) >= 11 is 0. The number of carbonyl (C=O) groups excluding carboxylic acids is 1. The van der Waals surface area contributed by atoms with Crippen LogP contribution in [0.2, 0.25) is 0 Å². The summed E-state index contributed by atoms with van der Waals surface area (Å²) < 4.78 is 0. The fourth-order valence-corrected chi connectivity index (χ4v) is 1.37. The molecule has 1 aromatic carbocycles. The molecule has 1 amide bonds. The summed E-state index contributed by atoms with van der Waals surface area (Å²) in [6, 6.07) is 5.69. The van der Waals surface area contributed by atoms with Gasteiger partial charge in [0.2, 0.25) is 5.91 Å². The number of hydrogen-bond donors (Lipinski definition) is 2. The fourth-order valence-electron chi connectivity index (χ4n) is 1.37. The molecular formula is C11H15N3O3. The summed E-state index contributed by atoms with van der Waals surface area (Å²) in [5, 5.41) is 13.1. The lowest BCUT2D eigenvalue weighted by atomic mass is 10.1. The Hall–Kier alpha value is -1.95. The molecule has 0 fully saturated rings. The van der Waals surface area contributed by atoms with Crippen LogP contribution in [0, 0.1) is 16.0 Å². The van der Waals surface area contributed by atoms with Crippen LogP contribution in [0.3, 0.4) is 0 Å². The van der Waals surface area contributed by atoms with Gasteiger partial charge in [-0.15, -0.1) is 0 Å². The molecule has 3 N–H and O–H groups in total. The van der Waals surface area contributed by atoms with Crippen LogP contribution in [0.4, 0.5) is 11.4 Å². The number of hydrogen-bond acceptors (Lipinski definition) is 4. The lowest BCUT2D eigenvalue weighted by molar-refractivity contribution is -0.384. The van der Waals surface area contributed by atoms with Crippen LogP contribution in [-0.2, 0) is 4.79 Å². The highest BCUT2D eigenvalue weighted by atomic mass is 16.6. The van der Waals surface area contributed by atoms with E-state index in [-0.39, 0.29) is 24.1 Å². The van der Waals surface area contributed by atoms with E-state index in [1.165, 1.54) is 24.3 Å². The topological polar surface area (TPSA) is 98.3 Å². The van der Waals surface area contributed by atoms with Gasteiger partial charge in [-0.25, -0.2) is 0 Å². The van der Waals surface area contributed by atoms with E-state index in [0.717, 1.165) is 0 Å². The maximum Gasteiger partial charge on any atom is 0.269 e. The number of nitro benzene ring substituents is 1. The molecule has 6 heteroatoms. The van der Waals surface area contributed by atoms with Gasteiger partial charge >= 0.3 is 0 Å². The van der Waals surface area contributed by atoms with E-state index in [0.29, 0.717) is 12.1 Å². The Kier molecular flexibility index (Phi) is 4.59.